The predicted octanol–water partition coefficient (Wildman–Crippen LogP) is 5.56. The minimum atomic E-state index is -0.222. The van der Waals surface area contributed by atoms with Gasteiger partial charge in [-0.1, -0.05) is 45.0 Å². The summed E-state index contributed by atoms with van der Waals surface area (Å²) in [5, 5.41) is 1.89. The number of carbonyl (C=O) groups is 2. The van der Waals surface area contributed by atoms with Crippen molar-refractivity contribution >= 4 is 33.4 Å². The summed E-state index contributed by atoms with van der Waals surface area (Å²) in [6.07, 6.45) is 0.548. The van der Waals surface area contributed by atoms with Crippen molar-refractivity contribution in [2.45, 2.75) is 27.2 Å². The van der Waals surface area contributed by atoms with Crippen LogP contribution in [0.3, 0.4) is 0 Å². The number of ether oxygens (including phenoxy) is 1. The average molecular weight is 402 g/mol. The highest BCUT2D eigenvalue weighted by Crippen LogP contribution is 2.33. The van der Waals surface area contributed by atoms with Crippen molar-refractivity contribution < 1.29 is 14.3 Å². The summed E-state index contributed by atoms with van der Waals surface area (Å²) in [6, 6.07) is 15.5. The first-order valence-electron chi connectivity index (χ1n) is 10.2. The Hall–Kier alpha value is -3.34. The van der Waals surface area contributed by atoms with Gasteiger partial charge in [0.05, 0.1) is 18.5 Å². The zero-order valence-corrected chi connectivity index (χ0v) is 17.7. The lowest BCUT2D eigenvalue weighted by atomic mass is 9.94. The molecule has 0 spiro atoms. The Morgan fingerprint density at radius 3 is 2.30 bits per heavy atom. The van der Waals surface area contributed by atoms with Gasteiger partial charge in [-0.25, -0.2) is 0 Å². The van der Waals surface area contributed by atoms with E-state index in [1.165, 1.54) is 0 Å². The molecule has 0 saturated carbocycles. The molecule has 154 valence electrons. The van der Waals surface area contributed by atoms with Gasteiger partial charge < -0.3 is 14.7 Å². The SMILES string of the molecule is COc1c(CC(C)C(=O)c2cc3ccccc3[nH]2)ccc2[nH]c(C(=O)C(C)C)cc12. The first kappa shape index (κ1) is 20.0. The second kappa shape index (κ2) is 7.82. The summed E-state index contributed by atoms with van der Waals surface area (Å²) in [5.74, 6) is 0.538. The Balaban J connectivity index is 1.63. The summed E-state index contributed by atoms with van der Waals surface area (Å²) in [5.41, 5.74) is 3.97. The van der Waals surface area contributed by atoms with Crippen molar-refractivity contribution in [1.29, 1.82) is 0 Å². The van der Waals surface area contributed by atoms with Gasteiger partial charge in [-0.05, 0) is 36.2 Å². The van der Waals surface area contributed by atoms with Crippen LogP contribution in [0, 0.1) is 11.8 Å². The van der Waals surface area contributed by atoms with Crippen LogP contribution in [0.25, 0.3) is 21.8 Å². The van der Waals surface area contributed by atoms with Crippen LogP contribution in [-0.2, 0) is 6.42 Å². The Labute approximate surface area is 175 Å². The summed E-state index contributed by atoms with van der Waals surface area (Å²) >= 11 is 0. The van der Waals surface area contributed by atoms with Gasteiger partial charge in [0.25, 0.3) is 0 Å². The maximum Gasteiger partial charge on any atom is 0.182 e. The fraction of sp³-hybridized carbons (Fsp3) is 0.280. The standard InChI is InChI=1S/C25H26N2O3/c1-14(2)23(28)22-13-18-20(27-22)10-9-17(25(18)30-4)11-15(3)24(29)21-12-16-7-5-6-8-19(16)26-21/h5-10,12-15,26-27H,11H2,1-4H3. The molecule has 2 aromatic heterocycles. The van der Waals surface area contributed by atoms with E-state index in [-0.39, 0.29) is 23.4 Å². The van der Waals surface area contributed by atoms with Crippen LogP contribution in [0.15, 0.2) is 48.5 Å². The molecule has 0 saturated heterocycles. The quantitative estimate of drug-likeness (QED) is 0.398. The molecule has 2 heterocycles. The van der Waals surface area contributed by atoms with Crippen LogP contribution in [0.5, 0.6) is 5.75 Å². The minimum absolute atomic E-state index is 0.0668. The smallest absolute Gasteiger partial charge is 0.182 e. The number of para-hydroxylation sites is 1. The molecule has 4 aromatic rings. The van der Waals surface area contributed by atoms with Crippen LogP contribution in [-0.4, -0.2) is 28.6 Å². The second-order valence-electron chi connectivity index (χ2n) is 8.16. The van der Waals surface area contributed by atoms with Gasteiger partial charge in [0.2, 0.25) is 0 Å². The van der Waals surface area contributed by atoms with Crippen molar-refractivity contribution in [3.8, 4) is 5.75 Å². The third-order valence-corrected chi connectivity index (χ3v) is 5.60. The van der Waals surface area contributed by atoms with E-state index in [0.29, 0.717) is 23.6 Å². The molecule has 2 aromatic carbocycles. The van der Waals surface area contributed by atoms with E-state index in [0.717, 1.165) is 27.4 Å². The van der Waals surface area contributed by atoms with Gasteiger partial charge in [-0.2, -0.15) is 0 Å². The Morgan fingerprint density at radius 2 is 1.60 bits per heavy atom. The zero-order chi connectivity index (χ0) is 21.4. The number of fused-ring (bicyclic) bond motifs is 2. The van der Waals surface area contributed by atoms with Crippen LogP contribution >= 0.6 is 0 Å². The number of ketones is 2. The lowest BCUT2D eigenvalue weighted by Gasteiger charge is -2.14. The average Bonchev–Trinajstić information content (AvgIpc) is 3.36. The van der Waals surface area contributed by atoms with Crippen LogP contribution in [0.2, 0.25) is 0 Å². The lowest BCUT2D eigenvalue weighted by Crippen LogP contribution is -2.15. The molecule has 5 nitrogen and oxygen atoms in total. The molecule has 5 heteroatoms. The number of methoxy groups -OCH3 is 1. The number of H-pyrrole nitrogens is 2. The van der Waals surface area contributed by atoms with Crippen LogP contribution in [0.4, 0.5) is 0 Å². The highest BCUT2D eigenvalue weighted by molar-refractivity contribution is 6.03. The van der Waals surface area contributed by atoms with Gasteiger partial charge in [-0.15, -0.1) is 0 Å². The lowest BCUT2D eigenvalue weighted by molar-refractivity contribution is 0.0921. The molecule has 0 radical (unpaired) electrons. The molecule has 0 fully saturated rings. The van der Waals surface area contributed by atoms with Crippen molar-refractivity contribution in [2.75, 3.05) is 7.11 Å². The van der Waals surface area contributed by atoms with Crippen molar-refractivity contribution in [1.82, 2.24) is 9.97 Å². The molecule has 1 unspecified atom stereocenters. The predicted molar refractivity (Wildman–Crippen MR) is 120 cm³/mol. The number of hydrogen-bond acceptors (Lipinski definition) is 3. The fourth-order valence-electron chi connectivity index (χ4n) is 3.96. The Morgan fingerprint density at radius 1 is 0.900 bits per heavy atom. The molecule has 4 rings (SSSR count). The van der Waals surface area contributed by atoms with Gasteiger partial charge >= 0.3 is 0 Å². The van der Waals surface area contributed by atoms with Crippen LogP contribution < -0.4 is 4.74 Å². The summed E-state index contributed by atoms with van der Waals surface area (Å²) in [6.45, 7) is 5.70. The van der Waals surface area contributed by atoms with E-state index in [2.05, 4.69) is 9.97 Å². The highest BCUT2D eigenvalue weighted by Gasteiger charge is 2.22. The molecule has 30 heavy (non-hydrogen) atoms. The Kier molecular flexibility index (Phi) is 5.20. The van der Waals surface area contributed by atoms with Gasteiger partial charge in [0.15, 0.2) is 11.6 Å². The maximum atomic E-state index is 13.0. The van der Waals surface area contributed by atoms with E-state index in [4.69, 9.17) is 4.74 Å². The zero-order valence-electron chi connectivity index (χ0n) is 17.7. The molecule has 0 aliphatic heterocycles. The second-order valence-corrected chi connectivity index (χ2v) is 8.16. The van der Waals surface area contributed by atoms with Gasteiger partial charge in [-0.3, -0.25) is 9.59 Å². The Bertz CT molecular complexity index is 1210. The van der Waals surface area contributed by atoms with Crippen molar-refractivity contribution in [3.63, 3.8) is 0 Å². The van der Waals surface area contributed by atoms with Gasteiger partial charge in [0, 0.05) is 33.6 Å². The first-order chi connectivity index (χ1) is 14.4. The molecule has 0 aliphatic carbocycles. The molecule has 1 atom stereocenters. The molecule has 0 amide bonds. The number of hydrogen-bond donors (Lipinski definition) is 2. The topological polar surface area (TPSA) is 75.0 Å². The highest BCUT2D eigenvalue weighted by atomic mass is 16.5. The number of rotatable bonds is 7. The normalized spacial score (nSPS) is 12.6. The van der Waals surface area contributed by atoms with E-state index >= 15 is 0 Å². The number of Topliss-reactive ketones (excluding diaryl/α,β-unsaturated/α-hetero) is 2. The molecule has 2 N–H and O–H groups in total. The monoisotopic (exact) mass is 402 g/mol. The summed E-state index contributed by atoms with van der Waals surface area (Å²) in [7, 11) is 1.62. The van der Waals surface area contributed by atoms with E-state index in [9.17, 15) is 9.59 Å². The number of nitrogens with one attached hydrogen (secondary N) is 2. The third-order valence-electron chi connectivity index (χ3n) is 5.60. The summed E-state index contributed by atoms with van der Waals surface area (Å²) < 4.78 is 5.70. The molecular weight excluding hydrogens is 376 g/mol. The first-order valence-corrected chi connectivity index (χ1v) is 10.2. The van der Waals surface area contributed by atoms with E-state index in [1.807, 2.05) is 69.3 Å². The fourth-order valence-corrected chi connectivity index (χ4v) is 3.96. The third kappa shape index (κ3) is 3.52. The van der Waals surface area contributed by atoms with Crippen molar-refractivity contribution in [3.05, 3.63) is 65.5 Å². The van der Waals surface area contributed by atoms with Crippen molar-refractivity contribution in [2.24, 2.45) is 11.8 Å². The minimum Gasteiger partial charge on any atom is -0.496 e. The number of aromatic amines is 2. The van der Waals surface area contributed by atoms with Crippen LogP contribution in [0.1, 0.15) is 47.3 Å². The van der Waals surface area contributed by atoms with E-state index < -0.39 is 0 Å². The number of benzene rings is 2. The molecule has 0 bridgehead atoms. The molecular formula is C25H26N2O3. The van der Waals surface area contributed by atoms with E-state index in [1.54, 1.807) is 7.11 Å². The number of aromatic nitrogens is 2. The number of carbonyl (C=O) groups excluding carboxylic acids is 2. The maximum absolute atomic E-state index is 13.0. The molecule has 0 aliphatic rings. The van der Waals surface area contributed by atoms with Gasteiger partial charge in [0.1, 0.15) is 5.75 Å². The largest absolute Gasteiger partial charge is 0.496 e. The summed E-state index contributed by atoms with van der Waals surface area (Å²) in [4.78, 5) is 31.8.